The number of benzene rings is 2. The Bertz CT molecular complexity index is 1160. The Balaban J connectivity index is 1.66. The second-order valence-corrected chi connectivity index (χ2v) is 12.3. The third-order valence-electron chi connectivity index (χ3n) is 7.01. The highest BCUT2D eigenvalue weighted by Crippen LogP contribution is 2.53. The van der Waals surface area contributed by atoms with Gasteiger partial charge in [-0.2, -0.15) is 0 Å². The zero-order valence-electron chi connectivity index (χ0n) is 17.2. The summed E-state index contributed by atoms with van der Waals surface area (Å²) in [5.74, 6) is -1.37. The summed E-state index contributed by atoms with van der Waals surface area (Å²) in [6, 6.07) is 9.29. The first-order valence-electron chi connectivity index (χ1n) is 10.6. The normalized spacial score (nSPS) is 30.5. The first-order valence-corrected chi connectivity index (χ1v) is 13.3. The van der Waals surface area contributed by atoms with Crippen LogP contribution >= 0.6 is 23.7 Å². The number of fused-ring (bicyclic) bond motifs is 3. The fourth-order valence-electron chi connectivity index (χ4n) is 5.39. The van der Waals surface area contributed by atoms with E-state index in [1.165, 1.54) is 24.3 Å². The van der Waals surface area contributed by atoms with Crippen LogP contribution in [0.2, 0.25) is 5.02 Å². The van der Waals surface area contributed by atoms with E-state index in [-0.39, 0.29) is 41.3 Å². The van der Waals surface area contributed by atoms with Crippen molar-refractivity contribution < 1.29 is 17.2 Å². The average molecular weight is 497 g/mol. The lowest BCUT2D eigenvalue weighted by Crippen LogP contribution is -2.59. The maximum Gasteiger partial charge on any atom is 0.188 e. The number of nitrogens with one attached hydrogen (secondary N) is 1. The van der Waals surface area contributed by atoms with Gasteiger partial charge in [-0.05, 0) is 74.1 Å². The van der Waals surface area contributed by atoms with Crippen LogP contribution in [0.3, 0.4) is 0 Å². The molecular weight excluding hydrogens is 474 g/mol. The number of halogens is 3. The van der Waals surface area contributed by atoms with E-state index in [9.17, 15) is 12.8 Å². The zero-order chi connectivity index (χ0) is 22.5. The molecule has 2 aromatic carbocycles. The second kappa shape index (κ2) is 8.40. The molecule has 3 aliphatic rings. The molecule has 4 unspecified atom stereocenters. The van der Waals surface area contributed by atoms with Gasteiger partial charge in [0.05, 0.1) is 4.90 Å². The molecule has 0 radical (unpaired) electrons. The summed E-state index contributed by atoms with van der Waals surface area (Å²) < 4.78 is 61.9. The van der Waals surface area contributed by atoms with Crippen molar-refractivity contribution in [3.63, 3.8) is 0 Å². The Morgan fingerprint density at radius 2 is 1.91 bits per heavy atom. The predicted molar refractivity (Wildman–Crippen MR) is 123 cm³/mol. The number of nitrogens with zero attached hydrogens (tertiary/aromatic N) is 1. The van der Waals surface area contributed by atoms with Crippen LogP contribution in [0.4, 0.5) is 8.78 Å². The van der Waals surface area contributed by atoms with Gasteiger partial charge in [0.2, 0.25) is 0 Å². The van der Waals surface area contributed by atoms with E-state index in [4.69, 9.17) is 11.6 Å². The summed E-state index contributed by atoms with van der Waals surface area (Å²) in [7, 11) is -4.06. The SMILES string of the molecule is O=S(=O)(c1ccc(Cl)cc1)C1(c2cc(F)ccc2F)CCC2NSN3CC=CCC3C2C1. The average Bonchev–Trinajstić information content (AvgIpc) is 2.80. The number of rotatable bonds is 3. The molecule has 4 atom stereocenters. The molecule has 2 heterocycles. The fourth-order valence-corrected chi connectivity index (χ4v) is 8.81. The van der Waals surface area contributed by atoms with Gasteiger partial charge in [-0.3, -0.25) is 0 Å². The summed E-state index contributed by atoms with van der Waals surface area (Å²) in [4.78, 5) is 0.0718. The maximum absolute atomic E-state index is 15.2. The summed E-state index contributed by atoms with van der Waals surface area (Å²) >= 11 is 7.56. The predicted octanol–water partition coefficient (Wildman–Crippen LogP) is 5.25. The number of sulfone groups is 1. The Morgan fingerprint density at radius 3 is 2.69 bits per heavy atom. The van der Waals surface area contributed by atoms with Crippen LogP contribution in [-0.2, 0) is 14.6 Å². The van der Waals surface area contributed by atoms with E-state index >= 15 is 4.39 Å². The smallest absolute Gasteiger partial charge is 0.188 e. The van der Waals surface area contributed by atoms with E-state index in [0.717, 1.165) is 31.2 Å². The molecule has 0 amide bonds. The molecule has 2 fully saturated rings. The van der Waals surface area contributed by atoms with Gasteiger partial charge >= 0.3 is 0 Å². The standard InChI is InChI=1S/C23H23ClF2N2O2S2/c24-15-4-7-17(8-5-15)32(29,30)23(19-13-16(25)6-9-20(19)26)11-10-21-18(14-23)22-3-1-2-12-28(22)31-27-21/h1-2,4-9,13,18,21-22,27H,3,10-12,14H2. The van der Waals surface area contributed by atoms with Gasteiger partial charge in [-0.25, -0.2) is 26.2 Å². The largest absolute Gasteiger partial charge is 0.247 e. The minimum atomic E-state index is -4.06. The second-order valence-electron chi connectivity index (χ2n) is 8.67. The first kappa shape index (κ1) is 22.3. The maximum atomic E-state index is 15.2. The molecule has 2 aliphatic heterocycles. The molecule has 1 N–H and O–H groups in total. The third-order valence-corrected chi connectivity index (χ3v) is 10.8. The van der Waals surface area contributed by atoms with E-state index in [1.54, 1.807) is 12.1 Å². The Kier molecular flexibility index (Phi) is 5.87. The monoisotopic (exact) mass is 496 g/mol. The van der Waals surface area contributed by atoms with Crippen molar-refractivity contribution in [1.82, 2.24) is 9.03 Å². The topological polar surface area (TPSA) is 49.4 Å². The molecule has 0 bridgehead atoms. The Labute approximate surface area is 196 Å². The number of hydrogen-bond donors (Lipinski definition) is 1. The van der Waals surface area contributed by atoms with Gasteiger partial charge in [0, 0.05) is 41.3 Å². The highest BCUT2D eigenvalue weighted by molar-refractivity contribution is 7.95. The van der Waals surface area contributed by atoms with Crippen LogP contribution in [0, 0.1) is 17.6 Å². The van der Waals surface area contributed by atoms with E-state index in [1.807, 2.05) is 0 Å². The van der Waals surface area contributed by atoms with Crippen LogP contribution in [0.15, 0.2) is 59.5 Å². The minimum Gasteiger partial charge on any atom is -0.247 e. The molecule has 1 aliphatic carbocycles. The molecule has 2 aromatic rings. The van der Waals surface area contributed by atoms with Crippen LogP contribution in [0.5, 0.6) is 0 Å². The molecule has 5 rings (SSSR count). The lowest BCUT2D eigenvalue weighted by atomic mass is 9.70. The summed E-state index contributed by atoms with van der Waals surface area (Å²) in [5.41, 5.74) is -0.0815. The van der Waals surface area contributed by atoms with Gasteiger partial charge in [-0.1, -0.05) is 23.8 Å². The summed E-state index contributed by atoms with van der Waals surface area (Å²) in [5, 5.41) is 0.414. The number of hydrogen-bond acceptors (Lipinski definition) is 5. The van der Waals surface area contributed by atoms with Crippen LogP contribution in [-0.4, -0.2) is 31.4 Å². The Hall–Kier alpha value is -1.45. The molecule has 1 saturated heterocycles. The van der Waals surface area contributed by atoms with E-state index < -0.39 is 26.2 Å². The Morgan fingerprint density at radius 1 is 1.12 bits per heavy atom. The zero-order valence-corrected chi connectivity index (χ0v) is 19.6. The molecule has 170 valence electrons. The molecule has 32 heavy (non-hydrogen) atoms. The lowest BCUT2D eigenvalue weighted by Gasteiger charge is -2.52. The van der Waals surface area contributed by atoms with Crippen molar-refractivity contribution in [2.45, 2.75) is 47.4 Å². The first-order chi connectivity index (χ1) is 15.3. The van der Waals surface area contributed by atoms with Crippen LogP contribution < -0.4 is 4.72 Å². The van der Waals surface area contributed by atoms with Gasteiger partial charge < -0.3 is 0 Å². The third kappa shape index (κ3) is 3.60. The summed E-state index contributed by atoms with van der Waals surface area (Å²) in [6.45, 7) is 0.761. The molecule has 9 heteroatoms. The highest BCUT2D eigenvalue weighted by Gasteiger charge is 2.55. The minimum absolute atomic E-state index is 0.0281. The molecule has 4 nitrogen and oxygen atoms in total. The van der Waals surface area contributed by atoms with Crippen molar-refractivity contribution in [2.75, 3.05) is 6.54 Å². The molecular formula is C23H23ClF2N2O2S2. The summed E-state index contributed by atoms with van der Waals surface area (Å²) in [6.07, 6.45) is 5.99. The van der Waals surface area contributed by atoms with Gasteiger partial charge in [0.15, 0.2) is 9.84 Å². The van der Waals surface area contributed by atoms with Gasteiger partial charge in [0.25, 0.3) is 0 Å². The van der Waals surface area contributed by atoms with Crippen molar-refractivity contribution in [2.24, 2.45) is 5.92 Å². The molecule has 1 saturated carbocycles. The van der Waals surface area contributed by atoms with Crippen molar-refractivity contribution in [3.8, 4) is 0 Å². The van der Waals surface area contributed by atoms with E-state index in [0.29, 0.717) is 11.4 Å². The highest BCUT2D eigenvalue weighted by atomic mass is 35.5. The van der Waals surface area contributed by atoms with E-state index in [2.05, 4.69) is 21.2 Å². The van der Waals surface area contributed by atoms with Crippen molar-refractivity contribution >= 4 is 33.6 Å². The molecule has 0 spiro atoms. The van der Waals surface area contributed by atoms with Crippen molar-refractivity contribution in [1.29, 1.82) is 0 Å². The van der Waals surface area contributed by atoms with Gasteiger partial charge in [0.1, 0.15) is 16.4 Å². The quantitative estimate of drug-likeness (QED) is 0.464. The van der Waals surface area contributed by atoms with Crippen LogP contribution in [0.25, 0.3) is 0 Å². The van der Waals surface area contributed by atoms with Gasteiger partial charge in [-0.15, -0.1) is 0 Å². The fraction of sp³-hybridized carbons (Fsp3) is 0.391. The van der Waals surface area contributed by atoms with Crippen molar-refractivity contribution in [3.05, 3.63) is 76.8 Å². The molecule has 0 aromatic heterocycles. The van der Waals surface area contributed by atoms with Crippen LogP contribution in [0.1, 0.15) is 31.2 Å². The lowest BCUT2D eigenvalue weighted by molar-refractivity contribution is 0.131.